The van der Waals surface area contributed by atoms with Gasteiger partial charge in [-0.15, -0.1) is 0 Å². The zero-order valence-corrected chi connectivity index (χ0v) is 20.3. The molecule has 4 heterocycles. The number of aryl methyl sites for hydroxylation is 3. The minimum Gasteiger partial charge on any atom is -0.366 e. The molecule has 3 aromatic rings. The molecule has 6 nitrogen and oxygen atoms in total. The Morgan fingerprint density at radius 2 is 2.03 bits per heavy atom. The molecule has 0 bridgehead atoms. The first kappa shape index (κ1) is 23.4. The van der Waals surface area contributed by atoms with Crippen LogP contribution in [-0.2, 0) is 7.05 Å². The number of allylic oxidation sites excluding steroid dienone is 1. The molecule has 0 spiro atoms. The van der Waals surface area contributed by atoms with Gasteiger partial charge in [0.05, 0.1) is 22.6 Å². The van der Waals surface area contributed by atoms with E-state index in [-0.39, 0.29) is 0 Å². The summed E-state index contributed by atoms with van der Waals surface area (Å²) in [6.45, 7) is 16.8. The normalized spacial score (nSPS) is 14.4. The maximum atomic E-state index is 4.42. The van der Waals surface area contributed by atoms with Crippen molar-refractivity contribution in [3.8, 4) is 0 Å². The molecular weight excluding hydrogens is 396 g/mol. The molecule has 1 N–H and O–H groups in total. The van der Waals surface area contributed by atoms with Crippen molar-refractivity contribution in [2.75, 3.05) is 13.1 Å². The van der Waals surface area contributed by atoms with Gasteiger partial charge in [0, 0.05) is 44.6 Å². The fourth-order valence-electron chi connectivity index (χ4n) is 3.80. The topological polar surface area (TPSA) is 50.4 Å². The van der Waals surface area contributed by atoms with E-state index in [0.29, 0.717) is 0 Å². The molecule has 4 rings (SSSR count). The molecule has 32 heavy (non-hydrogen) atoms. The van der Waals surface area contributed by atoms with Crippen LogP contribution < -0.4 is 5.32 Å². The first-order valence-corrected chi connectivity index (χ1v) is 11.2. The van der Waals surface area contributed by atoms with Gasteiger partial charge in [0.2, 0.25) is 0 Å². The SMILES string of the molecule is C=C(c1cc(C)nn1C)N1CCC(NC=C(C)CC)=C(C)C1.Cc1cccn2nccc12. The summed E-state index contributed by atoms with van der Waals surface area (Å²) in [4.78, 5) is 2.34. The molecule has 1 aliphatic heterocycles. The summed E-state index contributed by atoms with van der Waals surface area (Å²) in [6.07, 6.45) is 8.00. The van der Waals surface area contributed by atoms with Crippen molar-refractivity contribution < 1.29 is 0 Å². The number of rotatable bonds is 5. The first-order chi connectivity index (χ1) is 15.3. The second-order valence-corrected chi connectivity index (χ2v) is 8.51. The summed E-state index contributed by atoms with van der Waals surface area (Å²) >= 11 is 0. The van der Waals surface area contributed by atoms with Gasteiger partial charge in [-0.2, -0.15) is 10.2 Å². The Bertz CT molecular complexity index is 1140. The Morgan fingerprint density at radius 1 is 1.25 bits per heavy atom. The van der Waals surface area contributed by atoms with Crippen LogP contribution >= 0.6 is 0 Å². The lowest BCUT2D eigenvalue weighted by molar-refractivity contribution is 0.401. The maximum Gasteiger partial charge on any atom is 0.0836 e. The molecule has 170 valence electrons. The lowest BCUT2D eigenvalue weighted by Crippen LogP contribution is -2.32. The van der Waals surface area contributed by atoms with Crippen LogP contribution in [0, 0.1) is 13.8 Å². The molecule has 3 aromatic heterocycles. The molecule has 0 saturated heterocycles. The molecule has 0 saturated carbocycles. The van der Waals surface area contributed by atoms with Crippen LogP contribution in [-0.4, -0.2) is 37.4 Å². The van der Waals surface area contributed by atoms with Gasteiger partial charge < -0.3 is 10.2 Å². The van der Waals surface area contributed by atoms with Gasteiger partial charge in [-0.3, -0.25) is 4.68 Å². The summed E-state index contributed by atoms with van der Waals surface area (Å²) in [7, 11) is 1.98. The number of nitrogens with one attached hydrogen (secondary N) is 1. The van der Waals surface area contributed by atoms with Gasteiger partial charge in [-0.1, -0.05) is 25.1 Å². The Balaban J connectivity index is 0.000000238. The van der Waals surface area contributed by atoms with E-state index in [1.54, 1.807) is 0 Å². The van der Waals surface area contributed by atoms with E-state index in [2.05, 4.69) is 73.0 Å². The minimum absolute atomic E-state index is 0.921. The fourth-order valence-corrected chi connectivity index (χ4v) is 3.80. The molecule has 6 heteroatoms. The molecule has 0 aromatic carbocycles. The third-order valence-corrected chi connectivity index (χ3v) is 5.95. The number of fused-ring (bicyclic) bond motifs is 1. The maximum absolute atomic E-state index is 4.42. The Morgan fingerprint density at radius 3 is 2.66 bits per heavy atom. The van der Waals surface area contributed by atoms with Gasteiger partial charge in [-0.25, -0.2) is 4.52 Å². The fraction of sp³-hybridized carbons (Fsp3) is 0.385. The number of nitrogens with zero attached hydrogens (tertiary/aromatic N) is 5. The van der Waals surface area contributed by atoms with E-state index in [9.17, 15) is 0 Å². The van der Waals surface area contributed by atoms with Crippen molar-refractivity contribution in [2.45, 2.75) is 47.5 Å². The lowest BCUT2D eigenvalue weighted by Gasteiger charge is -2.32. The van der Waals surface area contributed by atoms with E-state index < -0.39 is 0 Å². The molecule has 0 aliphatic carbocycles. The summed E-state index contributed by atoms with van der Waals surface area (Å²) in [6, 6.07) is 8.18. The van der Waals surface area contributed by atoms with E-state index >= 15 is 0 Å². The molecule has 1 aliphatic rings. The average Bonchev–Trinajstić information content (AvgIpc) is 3.39. The molecule has 0 radical (unpaired) electrons. The Kier molecular flexibility index (Phi) is 7.57. The van der Waals surface area contributed by atoms with Crippen LogP contribution in [0.2, 0.25) is 0 Å². The van der Waals surface area contributed by atoms with Crippen LogP contribution in [0.1, 0.15) is 50.6 Å². The highest BCUT2D eigenvalue weighted by atomic mass is 15.3. The largest absolute Gasteiger partial charge is 0.366 e. The smallest absolute Gasteiger partial charge is 0.0836 e. The van der Waals surface area contributed by atoms with Gasteiger partial charge in [0.1, 0.15) is 0 Å². The Labute approximate surface area is 191 Å². The van der Waals surface area contributed by atoms with Crippen LogP contribution in [0.4, 0.5) is 0 Å². The Hall–Kier alpha value is -3.28. The number of hydrogen-bond donors (Lipinski definition) is 1. The molecule has 0 fully saturated rings. The first-order valence-electron chi connectivity index (χ1n) is 11.2. The zero-order valence-electron chi connectivity index (χ0n) is 20.3. The standard InChI is InChI=1S/C18H28N4.C8H8N2/c1-7-13(2)11-19-17-8-9-22(12-14(17)3)16(5)18-10-15(4)20-21(18)6;1-7-3-2-6-10-8(7)4-5-9-10/h10-11,19H,5,7-9,12H2,1-4,6H3;2-6H,1H3. The highest BCUT2D eigenvalue weighted by Crippen LogP contribution is 2.24. The minimum atomic E-state index is 0.921. The van der Waals surface area contributed by atoms with Crippen molar-refractivity contribution in [2.24, 2.45) is 7.05 Å². The van der Waals surface area contributed by atoms with Gasteiger partial charge in [-0.05, 0) is 69.7 Å². The van der Waals surface area contributed by atoms with E-state index in [1.807, 2.05) is 47.7 Å². The van der Waals surface area contributed by atoms with E-state index in [1.165, 1.54) is 27.9 Å². The predicted molar refractivity (Wildman–Crippen MR) is 133 cm³/mol. The second-order valence-electron chi connectivity index (χ2n) is 8.51. The van der Waals surface area contributed by atoms with Gasteiger partial charge >= 0.3 is 0 Å². The zero-order chi connectivity index (χ0) is 23.3. The molecule has 0 unspecified atom stereocenters. The van der Waals surface area contributed by atoms with Crippen molar-refractivity contribution in [3.05, 3.63) is 83.2 Å². The third-order valence-electron chi connectivity index (χ3n) is 5.95. The van der Waals surface area contributed by atoms with Crippen molar-refractivity contribution in [1.29, 1.82) is 0 Å². The van der Waals surface area contributed by atoms with Crippen LogP contribution in [0.15, 0.2) is 66.3 Å². The highest BCUT2D eigenvalue weighted by molar-refractivity contribution is 5.60. The number of aromatic nitrogens is 4. The van der Waals surface area contributed by atoms with Crippen molar-refractivity contribution >= 4 is 11.2 Å². The highest BCUT2D eigenvalue weighted by Gasteiger charge is 2.19. The molecule has 0 atom stereocenters. The number of hydrogen-bond acceptors (Lipinski definition) is 4. The van der Waals surface area contributed by atoms with Gasteiger partial charge in [0.25, 0.3) is 0 Å². The van der Waals surface area contributed by atoms with Crippen LogP contribution in [0.5, 0.6) is 0 Å². The summed E-state index contributed by atoms with van der Waals surface area (Å²) < 4.78 is 3.78. The average molecular weight is 433 g/mol. The lowest BCUT2D eigenvalue weighted by atomic mass is 10.1. The molecule has 0 amide bonds. The van der Waals surface area contributed by atoms with Crippen molar-refractivity contribution in [3.63, 3.8) is 0 Å². The van der Waals surface area contributed by atoms with Crippen molar-refractivity contribution in [1.82, 2.24) is 29.6 Å². The summed E-state index contributed by atoms with van der Waals surface area (Å²) in [5, 5.41) is 12.0. The number of pyridine rings is 1. The second kappa shape index (κ2) is 10.4. The van der Waals surface area contributed by atoms with Crippen LogP contribution in [0.3, 0.4) is 0 Å². The van der Waals surface area contributed by atoms with Crippen LogP contribution in [0.25, 0.3) is 11.2 Å². The molecular formula is C26H36N6. The predicted octanol–water partition coefficient (Wildman–Crippen LogP) is 5.23. The summed E-state index contributed by atoms with van der Waals surface area (Å²) in [5.41, 5.74) is 9.74. The van der Waals surface area contributed by atoms with E-state index in [4.69, 9.17) is 0 Å². The van der Waals surface area contributed by atoms with E-state index in [0.717, 1.165) is 43.0 Å². The van der Waals surface area contributed by atoms with Gasteiger partial charge in [0.15, 0.2) is 0 Å². The quantitative estimate of drug-likeness (QED) is 0.600. The third kappa shape index (κ3) is 5.49. The monoisotopic (exact) mass is 432 g/mol. The summed E-state index contributed by atoms with van der Waals surface area (Å²) in [5.74, 6) is 0.